The van der Waals surface area contributed by atoms with Gasteiger partial charge in [-0.1, -0.05) is 40.2 Å². The Labute approximate surface area is 136 Å². The van der Waals surface area contributed by atoms with Crippen LogP contribution in [0.2, 0.25) is 0 Å². The second-order valence-corrected chi connectivity index (χ2v) is 6.42. The first-order valence-electron chi connectivity index (χ1n) is 6.34. The molecule has 1 unspecified atom stereocenters. The summed E-state index contributed by atoms with van der Waals surface area (Å²) in [5.74, 6) is 1.52. The summed E-state index contributed by atoms with van der Waals surface area (Å²) in [6.07, 6.45) is 0.664. The second kappa shape index (κ2) is 6.74. The lowest BCUT2D eigenvalue weighted by atomic mass is 9.93. The fourth-order valence-corrected chi connectivity index (χ4v) is 3.00. The van der Waals surface area contributed by atoms with E-state index in [1.807, 2.05) is 55.5 Å². The van der Waals surface area contributed by atoms with Crippen molar-refractivity contribution in [1.82, 2.24) is 0 Å². The van der Waals surface area contributed by atoms with E-state index in [1.165, 1.54) is 0 Å². The van der Waals surface area contributed by atoms with E-state index in [-0.39, 0.29) is 0 Å². The van der Waals surface area contributed by atoms with Gasteiger partial charge in [-0.25, -0.2) is 0 Å². The van der Waals surface area contributed by atoms with E-state index in [4.69, 9.17) is 4.74 Å². The summed E-state index contributed by atoms with van der Waals surface area (Å²) in [6, 6.07) is 15.2. The van der Waals surface area contributed by atoms with E-state index in [2.05, 4.69) is 31.9 Å². The van der Waals surface area contributed by atoms with E-state index in [0.29, 0.717) is 6.42 Å². The van der Waals surface area contributed by atoms with E-state index in [1.54, 1.807) is 0 Å². The van der Waals surface area contributed by atoms with E-state index >= 15 is 0 Å². The Hall–Kier alpha value is -0.840. The van der Waals surface area contributed by atoms with Crippen LogP contribution in [0.5, 0.6) is 11.5 Å². The maximum absolute atomic E-state index is 10.3. The molecule has 0 aliphatic heterocycles. The summed E-state index contributed by atoms with van der Waals surface area (Å²) in [6.45, 7) is 1.82. The molecule has 2 aromatic carbocycles. The Bertz CT molecular complexity index is 565. The van der Waals surface area contributed by atoms with Crippen LogP contribution in [0.3, 0.4) is 0 Å². The standard InChI is InChI=1S/C16H16Br2O2/c1-16(19,10-11-17)12-6-8-13(9-7-12)20-15-5-3-2-4-14(15)18/h2-9,19H,10-11H2,1H3. The van der Waals surface area contributed by atoms with Crippen molar-refractivity contribution in [3.05, 3.63) is 58.6 Å². The number of hydrogen-bond acceptors (Lipinski definition) is 2. The van der Waals surface area contributed by atoms with Crippen molar-refractivity contribution in [2.75, 3.05) is 5.33 Å². The molecular weight excluding hydrogens is 384 g/mol. The summed E-state index contributed by atoms with van der Waals surface area (Å²) in [5, 5.41) is 11.1. The van der Waals surface area contributed by atoms with Crippen molar-refractivity contribution in [2.45, 2.75) is 18.9 Å². The van der Waals surface area contributed by atoms with Crippen molar-refractivity contribution in [3.8, 4) is 11.5 Å². The second-order valence-electron chi connectivity index (χ2n) is 4.77. The fraction of sp³-hybridized carbons (Fsp3) is 0.250. The Balaban J connectivity index is 2.15. The van der Waals surface area contributed by atoms with Crippen LogP contribution in [0.15, 0.2) is 53.0 Å². The molecule has 0 bridgehead atoms. The molecule has 0 aliphatic carbocycles. The van der Waals surface area contributed by atoms with Gasteiger partial charge in [0.25, 0.3) is 0 Å². The van der Waals surface area contributed by atoms with Gasteiger partial charge in [-0.2, -0.15) is 0 Å². The zero-order valence-electron chi connectivity index (χ0n) is 11.1. The first-order valence-corrected chi connectivity index (χ1v) is 8.25. The minimum absolute atomic E-state index is 0.664. The minimum Gasteiger partial charge on any atom is -0.456 e. The normalized spacial score (nSPS) is 13.8. The molecule has 0 saturated heterocycles. The van der Waals surface area contributed by atoms with Crippen LogP contribution >= 0.6 is 31.9 Å². The maximum atomic E-state index is 10.3. The molecule has 20 heavy (non-hydrogen) atoms. The van der Waals surface area contributed by atoms with Gasteiger partial charge in [0.1, 0.15) is 11.5 Å². The Kier molecular flexibility index (Phi) is 5.24. The third-order valence-electron chi connectivity index (χ3n) is 3.12. The number of para-hydroxylation sites is 1. The molecular formula is C16H16Br2O2. The van der Waals surface area contributed by atoms with Gasteiger partial charge in [0.05, 0.1) is 10.1 Å². The molecule has 2 aromatic rings. The van der Waals surface area contributed by atoms with Gasteiger partial charge in [-0.05, 0) is 59.1 Å². The molecule has 0 fully saturated rings. The highest BCUT2D eigenvalue weighted by Crippen LogP contribution is 2.31. The molecule has 4 heteroatoms. The Morgan fingerprint density at radius 1 is 1.10 bits per heavy atom. The number of rotatable bonds is 5. The molecule has 106 valence electrons. The van der Waals surface area contributed by atoms with Gasteiger partial charge >= 0.3 is 0 Å². The van der Waals surface area contributed by atoms with E-state index in [9.17, 15) is 5.11 Å². The van der Waals surface area contributed by atoms with Gasteiger partial charge < -0.3 is 9.84 Å². The van der Waals surface area contributed by atoms with Gasteiger partial charge in [-0.3, -0.25) is 0 Å². The number of halogens is 2. The SMILES string of the molecule is CC(O)(CCBr)c1ccc(Oc2ccccc2Br)cc1. The zero-order chi connectivity index (χ0) is 14.6. The number of alkyl halides is 1. The zero-order valence-corrected chi connectivity index (χ0v) is 14.3. The quantitative estimate of drug-likeness (QED) is 0.697. The molecule has 0 spiro atoms. The lowest BCUT2D eigenvalue weighted by Gasteiger charge is -2.23. The average Bonchev–Trinajstić information content (AvgIpc) is 2.42. The topological polar surface area (TPSA) is 29.5 Å². The van der Waals surface area contributed by atoms with Gasteiger partial charge in [-0.15, -0.1) is 0 Å². The molecule has 0 heterocycles. The highest BCUT2D eigenvalue weighted by atomic mass is 79.9. The van der Waals surface area contributed by atoms with Crippen LogP contribution < -0.4 is 4.74 Å². The molecule has 0 amide bonds. The van der Waals surface area contributed by atoms with Crippen LogP contribution in [0.25, 0.3) is 0 Å². The molecule has 0 radical (unpaired) electrons. The van der Waals surface area contributed by atoms with Crippen LogP contribution in [0.4, 0.5) is 0 Å². The number of hydrogen-bond donors (Lipinski definition) is 1. The summed E-state index contributed by atoms with van der Waals surface area (Å²) in [7, 11) is 0. The lowest BCUT2D eigenvalue weighted by molar-refractivity contribution is 0.0546. The molecule has 0 aliphatic rings. The van der Waals surface area contributed by atoms with Gasteiger partial charge in [0.15, 0.2) is 0 Å². The van der Waals surface area contributed by atoms with Crippen molar-refractivity contribution in [1.29, 1.82) is 0 Å². The van der Waals surface area contributed by atoms with Crippen LogP contribution in [-0.4, -0.2) is 10.4 Å². The monoisotopic (exact) mass is 398 g/mol. The predicted molar refractivity (Wildman–Crippen MR) is 88.6 cm³/mol. The summed E-state index contributed by atoms with van der Waals surface area (Å²) in [5.41, 5.74) is 0.0615. The molecule has 2 rings (SSSR count). The summed E-state index contributed by atoms with van der Waals surface area (Å²) < 4.78 is 6.71. The third-order valence-corrected chi connectivity index (χ3v) is 4.17. The first kappa shape index (κ1) is 15.5. The third kappa shape index (κ3) is 3.84. The molecule has 1 atom stereocenters. The van der Waals surface area contributed by atoms with E-state index in [0.717, 1.165) is 26.9 Å². The number of ether oxygens (including phenoxy) is 1. The molecule has 1 N–H and O–H groups in total. The predicted octanol–water partition coefficient (Wildman–Crippen LogP) is 5.23. The number of aliphatic hydroxyl groups is 1. The van der Waals surface area contributed by atoms with Crippen molar-refractivity contribution >= 4 is 31.9 Å². The fourth-order valence-electron chi connectivity index (χ4n) is 1.86. The summed E-state index contributed by atoms with van der Waals surface area (Å²) >= 11 is 6.81. The largest absolute Gasteiger partial charge is 0.456 e. The maximum Gasteiger partial charge on any atom is 0.141 e. The minimum atomic E-state index is -0.824. The highest BCUT2D eigenvalue weighted by Gasteiger charge is 2.21. The highest BCUT2D eigenvalue weighted by molar-refractivity contribution is 9.10. The smallest absolute Gasteiger partial charge is 0.141 e. The molecule has 2 nitrogen and oxygen atoms in total. The number of benzene rings is 2. The van der Waals surface area contributed by atoms with Crippen LogP contribution in [0.1, 0.15) is 18.9 Å². The lowest BCUT2D eigenvalue weighted by Crippen LogP contribution is -2.21. The Morgan fingerprint density at radius 2 is 1.75 bits per heavy atom. The van der Waals surface area contributed by atoms with Crippen molar-refractivity contribution in [2.24, 2.45) is 0 Å². The molecule has 0 aromatic heterocycles. The van der Waals surface area contributed by atoms with Crippen LogP contribution in [-0.2, 0) is 5.60 Å². The van der Waals surface area contributed by atoms with Gasteiger partial charge in [0, 0.05) is 5.33 Å². The van der Waals surface area contributed by atoms with E-state index < -0.39 is 5.60 Å². The average molecular weight is 400 g/mol. The van der Waals surface area contributed by atoms with Gasteiger partial charge in [0.2, 0.25) is 0 Å². The van der Waals surface area contributed by atoms with Crippen molar-refractivity contribution < 1.29 is 9.84 Å². The van der Waals surface area contributed by atoms with Crippen LogP contribution in [0, 0.1) is 0 Å². The first-order chi connectivity index (χ1) is 9.53. The van der Waals surface area contributed by atoms with Crippen molar-refractivity contribution in [3.63, 3.8) is 0 Å². The summed E-state index contributed by atoms with van der Waals surface area (Å²) in [4.78, 5) is 0. The molecule has 0 saturated carbocycles. The Morgan fingerprint density at radius 3 is 2.35 bits per heavy atom.